The molecule has 3 aliphatic carbocycles. The Hall–Kier alpha value is -4.29. The number of hydrogen-bond acceptors (Lipinski definition) is 7. The van der Waals surface area contributed by atoms with Crippen molar-refractivity contribution < 1.29 is 22.8 Å². The minimum absolute atomic E-state index is 0.109. The van der Waals surface area contributed by atoms with Crippen molar-refractivity contribution in [3.8, 4) is 0 Å². The summed E-state index contributed by atoms with van der Waals surface area (Å²) in [5.74, 6) is 0.347. The summed E-state index contributed by atoms with van der Waals surface area (Å²) in [5.41, 5.74) is 6.59. The second-order valence-corrected chi connectivity index (χ2v) is 10.7. The standard InChI is InChI=1S/C27H27F3N8O2/c1-36-23-19-11-15(4-7-21(19)33-24(31)20(23)12-32-36)25(39)38(13-17-5-8-22(35-34-17)27(28,29)30)37(2)26(40)18-6-3-14-9-16(18)10-14/h4-5,7-8,11-12,14,16,18H,3,6,9-10,13H2,1-2H3,(H2,31,33). The molecule has 10 nitrogen and oxygen atoms in total. The Morgan fingerprint density at radius 3 is 2.52 bits per heavy atom. The van der Waals surface area contributed by atoms with Gasteiger partial charge in [0, 0.05) is 31.0 Å². The van der Waals surface area contributed by atoms with Gasteiger partial charge in [-0.3, -0.25) is 19.3 Å². The molecule has 7 rings (SSSR count). The van der Waals surface area contributed by atoms with Crippen LogP contribution in [0.5, 0.6) is 0 Å². The van der Waals surface area contributed by atoms with Crippen LogP contribution >= 0.6 is 0 Å². The Morgan fingerprint density at radius 1 is 1.10 bits per heavy atom. The quantitative estimate of drug-likeness (QED) is 0.380. The van der Waals surface area contributed by atoms with E-state index < -0.39 is 17.8 Å². The molecule has 13 heteroatoms. The Kier molecular flexibility index (Phi) is 6.11. The molecule has 3 heterocycles. The van der Waals surface area contributed by atoms with E-state index in [1.807, 2.05) is 0 Å². The van der Waals surface area contributed by atoms with Crippen LogP contribution in [0.3, 0.4) is 0 Å². The molecular weight excluding hydrogens is 525 g/mol. The van der Waals surface area contributed by atoms with E-state index in [4.69, 9.17) is 5.73 Å². The summed E-state index contributed by atoms with van der Waals surface area (Å²) in [7, 11) is 3.28. The Balaban J connectivity index is 1.37. The van der Waals surface area contributed by atoms with Crippen LogP contribution in [-0.2, 0) is 24.6 Å². The number of aromatic nitrogens is 5. The van der Waals surface area contributed by atoms with Gasteiger partial charge < -0.3 is 5.73 Å². The summed E-state index contributed by atoms with van der Waals surface area (Å²) in [6.07, 6.45) is 0.689. The second-order valence-electron chi connectivity index (χ2n) is 10.7. The van der Waals surface area contributed by atoms with Crippen LogP contribution in [-0.4, -0.2) is 53.8 Å². The van der Waals surface area contributed by atoms with Crippen LogP contribution in [0, 0.1) is 17.8 Å². The highest BCUT2D eigenvalue weighted by Crippen LogP contribution is 2.49. The van der Waals surface area contributed by atoms with Crippen molar-refractivity contribution in [3.63, 3.8) is 0 Å². The molecule has 0 aliphatic heterocycles. The fourth-order valence-corrected chi connectivity index (χ4v) is 5.99. The predicted octanol–water partition coefficient (Wildman–Crippen LogP) is 3.96. The van der Waals surface area contributed by atoms with E-state index in [0.717, 1.165) is 37.8 Å². The lowest BCUT2D eigenvalue weighted by molar-refractivity contribution is -0.154. The number of hydrazine groups is 1. The first-order valence-corrected chi connectivity index (χ1v) is 13.0. The minimum atomic E-state index is -4.64. The third-order valence-corrected chi connectivity index (χ3v) is 8.24. The number of aryl methyl sites for hydroxylation is 1. The molecule has 2 N–H and O–H groups in total. The SMILES string of the molecule is CN(C(=O)C1CCC2CC1C2)N(Cc1ccc(C(F)(F)F)nn1)C(=O)c1ccc2nc(N)c3cnn(C)c3c2c1. The normalized spacial score (nSPS) is 20.4. The molecule has 3 aliphatic rings. The largest absolute Gasteiger partial charge is 0.435 e. The number of halogens is 3. The highest BCUT2D eigenvalue weighted by atomic mass is 19.4. The summed E-state index contributed by atoms with van der Waals surface area (Å²) in [6, 6.07) is 6.89. The zero-order valence-electron chi connectivity index (χ0n) is 21.9. The molecular formula is C27H27F3N8O2. The molecule has 2 amide bonds. The van der Waals surface area contributed by atoms with Gasteiger partial charge in [-0.05, 0) is 67.9 Å². The molecule has 0 spiro atoms. The highest BCUT2D eigenvalue weighted by molar-refractivity contribution is 6.10. The molecule has 3 saturated carbocycles. The molecule has 40 heavy (non-hydrogen) atoms. The number of carbonyl (C=O) groups is 2. The van der Waals surface area contributed by atoms with Crippen molar-refractivity contribution in [1.82, 2.24) is 35.0 Å². The van der Waals surface area contributed by atoms with E-state index in [1.165, 1.54) is 17.1 Å². The summed E-state index contributed by atoms with van der Waals surface area (Å²) >= 11 is 0. The maximum atomic E-state index is 14.0. The van der Waals surface area contributed by atoms with Crippen LogP contribution in [0.4, 0.5) is 19.0 Å². The minimum Gasteiger partial charge on any atom is -0.383 e. The number of hydrogen-bond donors (Lipinski definition) is 1. The molecule has 1 atom stereocenters. The highest BCUT2D eigenvalue weighted by Gasteiger charge is 2.45. The van der Waals surface area contributed by atoms with Crippen LogP contribution in [0.2, 0.25) is 0 Å². The van der Waals surface area contributed by atoms with Crippen LogP contribution < -0.4 is 5.73 Å². The average Bonchev–Trinajstić information content (AvgIpc) is 3.32. The molecule has 3 aromatic heterocycles. The molecule has 1 unspecified atom stereocenters. The van der Waals surface area contributed by atoms with Crippen molar-refractivity contribution >= 4 is 39.4 Å². The van der Waals surface area contributed by atoms with E-state index in [0.29, 0.717) is 33.5 Å². The Morgan fingerprint density at radius 2 is 1.88 bits per heavy atom. The van der Waals surface area contributed by atoms with Gasteiger partial charge in [0.2, 0.25) is 5.91 Å². The Labute approximate surface area is 226 Å². The van der Waals surface area contributed by atoms with E-state index in [9.17, 15) is 22.8 Å². The van der Waals surface area contributed by atoms with Crippen molar-refractivity contribution in [2.75, 3.05) is 12.8 Å². The van der Waals surface area contributed by atoms with Gasteiger partial charge in [-0.25, -0.2) is 9.99 Å². The summed E-state index contributed by atoms with van der Waals surface area (Å²) in [5, 5.41) is 15.0. The average molecular weight is 553 g/mol. The molecule has 4 aromatic rings. The number of nitrogens with two attached hydrogens (primary N) is 1. The topological polar surface area (TPSA) is 123 Å². The van der Waals surface area contributed by atoms with Gasteiger partial charge >= 0.3 is 6.18 Å². The zero-order valence-corrected chi connectivity index (χ0v) is 21.9. The summed E-state index contributed by atoms with van der Waals surface area (Å²) in [6.45, 7) is -0.245. The summed E-state index contributed by atoms with van der Waals surface area (Å²) in [4.78, 5) is 32.1. The first-order valence-electron chi connectivity index (χ1n) is 13.0. The smallest absolute Gasteiger partial charge is 0.383 e. The van der Waals surface area contributed by atoms with Gasteiger partial charge in [0.1, 0.15) is 5.82 Å². The molecule has 0 radical (unpaired) electrons. The third kappa shape index (κ3) is 4.38. The number of benzene rings is 1. The molecule has 208 valence electrons. The molecule has 0 saturated heterocycles. The van der Waals surface area contributed by atoms with Crippen molar-refractivity contribution in [3.05, 3.63) is 53.5 Å². The van der Waals surface area contributed by atoms with E-state index in [2.05, 4.69) is 20.3 Å². The lowest BCUT2D eigenvalue weighted by Gasteiger charge is -2.47. The number of fused-ring (bicyclic) bond motifs is 5. The van der Waals surface area contributed by atoms with Crippen molar-refractivity contribution in [2.45, 2.75) is 38.4 Å². The number of rotatable bonds is 4. The van der Waals surface area contributed by atoms with Gasteiger partial charge in [0.05, 0.1) is 34.9 Å². The van der Waals surface area contributed by atoms with Gasteiger partial charge in [-0.1, -0.05) is 0 Å². The number of pyridine rings is 1. The molecule has 1 aromatic carbocycles. The van der Waals surface area contributed by atoms with Gasteiger partial charge in [-0.2, -0.15) is 23.4 Å². The number of anilines is 1. The van der Waals surface area contributed by atoms with E-state index in [-0.39, 0.29) is 35.5 Å². The van der Waals surface area contributed by atoms with Crippen molar-refractivity contribution in [2.24, 2.45) is 24.8 Å². The van der Waals surface area contributed by atoms with Gasteiger partial charge in [0.25, 0.3) is 5.91 Å². The van der Waals surface area contributed by atoms with Crippen LogP contribution in [0.25, 0.3) is 21.8 Å². The first-order chi connectivity index (χ1) is 19.0. The fraction of sp³-hybridized carbons (Fsp3) is 0.407. The summed E-state index contributed by atoms with van der Waals surface area (Å²) < 4.78 is 40.8. The van der Waals surface area contributed by atoms with Crippen LogP contribution in [0.15, 0.2) is 36.5 Å². The predicted molar refractivity (Wildman–Crippen MR) is 139 cm³/mol. The van der Waals surface area contributed by atoms with Crippen LogP contribution in [0.1, 0.15) is 47.4 Å². The fourth-order valence-electron chi connectivity index (χ4n) is 5.99. The number of alkyl halides is 3. The Bertz CT molecular complexity index is 1630. The number of amides is 2. The molecule has 2 bridgehead atoms. The maximum absolute atomic E-state index is 14.0. The van der Waals surface area contributed by atoms with Gasteiger partial charge in [0.15, 0.2) is 5.69 Å². The second kappa shape index (κ2) is 9.42. The monoisotopic (exact) mass is 552 g/mol. The lowest BCUT2D eigenvalue weighted by atomic mass is 9.60. The van der Waals surface area contributed by atoms with Gasteiger partial charge in [-0.15, -0.1) is 5.10 Å². The third-order valence-electron chi connectivity index (χ3n) is 8.24. The van der Waals surface area contributed by atoms with E-state index in [1.54, 1.807) is 36.1 Å². The number of nitrogens with zero attached hydrogens (tertiary/aromatic N) is 7. The maximum Gasteiger partial charge on any atom is 0.435 e. The number of nitrogen functional groups attached to an aromatic ring is 1. The zero-order chi connectivity index (χ0) is 28.3. The first kappa shape index (κ1) is 26.0. The van der Waals surface area contributed by atoms with Crippen molar-refractivity contribution in [1.29, 1.82) is 0 Å². The number of carbonyl (C=O) groups excluding carboxylic acids is 2. The van der Waals surface area contributed by atoms with E-state index >= 15 is 0 Å². The molecule has 3 fully saturated rings. The lowest BCUT2D eigenvalue weighted by Crippen LogP contribution is -2.52.